The molecule has 2 aromatic carbocycles. The molecule has 1 aromatic heterocycles. The standard InChI is InChI=1S/C27H32N2O4S/c1-29(24-12-4-2-5-13-24)19-22-11-9-8-10-21(22)18-28-27(30)26-23(16-17-33-26)20-34(31,32)25-14-6-3-7-15-25/h3,6-11,14-17,24H,2,4-5,12-13,18-20H2,1H3,(H,28,30). The van der Waals surface area contributed by atoms with Crippen molar-refractivity contribution in [3.05, 3.63) is 89.4 Å². The number of rotatable bonds is 9. The smallest absolute Gasteiger partial charge is 0.287 e. The molecule has 1 saturated carbocycles. The summed E-state index contributed by atoms with van der Waals surface area (Å²) in [7, 11) is -1.41. The Hall–Kier alpha value is -2.90. The Morgan fingerprint density at radius 2 is 1.62 bits per heavy atom. The fourth-order valence-corrected chi connectivity index (χ4v) is 6.00. The van der Waals surface area contributed by atoms with Crippen molar-refractivity contribution in [1.29, 1.82) is 0 Å². The third kappa shape index (κ3) is 5.96. The van der Waals surface area contributed by atoms with Crippen LogP contribution in [0, 0.1) is 0 Å². The lowest BCUT2D eigenvalue weighted by Crippen LogP contribution is -2.33. The van der Waals surface area contributed by atoms with Crippen molar-refractivity contribution in [1.82, 2.24) is 10.2 Å². The van der Waals surface area contributed by atoms with Crippen LogP contribution < -0.4 is 5.32 Å². The van der Waals surface area contributed by atoms with Crippen LogP contribution in [0.1, 0.15) is 59.3 Å². The highest BCUT2D eigenvalue weighted by Crippen LogP contribution is 2.24. The average molecular weight is 481 g/mol. The summed E-state index contributed by atoms with van der Waals surface area (Å²) in [5.41, 5.74) is 2.58. The molecule has 6 nitrogen and oxygen atoms in total. The van der Waals surface area contributed by atoms with Crippen LogP contribution in [0.5, 0.6) is 0 Å². The van der Waals surface area contributed by atoms with Crippen LogP contribution in [0.4, 0.5) is 0 Å². The summed E-state index contributed by atoms with van der Waals surface area (Å²) >= 11 is 0. The van der Waals surface area contributed by atoms with Crippen molar-refractivity contribution >= 4 is 15.7 Å². The fraction of sp³-hybridized carbons (Fsp3) is 0.370. The summed E-state index contributed by atoms with van der Waals surface area (Å²) in [4.78, 5) is 15.5. The van der Waals surface area contributed by atoms with E-state index in [4.69, 9.17) is 4.42 Å². The highest BCUT2D eigenvalue weighted by Gasteiger charge is 2.23. The van der Waals surface area contributed by atoms with Gasteiger partial charge in [-0.2, -0.15) is 0 Å². The summed E-state index contributed by atoms with van der Waals surface area (Å²) in [6, 6.07) is 18.5. The maximum atomic E-state index is 12.9. The number of hydrogen-bond donors (Lipinski definition) is 1. The SMILES string of the molecule is CN(Cc1ccccc1CNC(=O)c1occc1CS(=O)(=O)c1ccccc1)C1CCCCC1. The van der Waals surface area contributed by atoms with Crippen molar-refractivity contribution in [3.8, 4) is 0 Å². The van der Waals surface area contributed by atoms with Crippen molar-refractivity contribution in [3.63, 3.8) is 0 Å². The Morgan fingerprint density at radius 1 is 0.941 bits per heavy atom. The monoisotopic (exact) mass is 480 g/mol. The molecule has 0 atom stereocenters. The van der Waals surface area contributed by atoms with Gasteiger partial charge in [-0.3, -0.25) is 9.69 Å². The maximum absolute atomic E-state index is 12.9. The molecule has 0 bridgehead atoms. The lowest BCUT2D eigenvalue weighted by Gasteiger charge is -2.31. The molecular weight excluding hydrogens is 448 g/mol. The lowest BCUT2D eigenvalue weighted by molar-refractivity contribution is 0.0922. The fourth-order valence-electron chi connectivity index (χ4n) is 4.62. The maximum Gasteiger partial charge on any atom is 0.287 e. The molecule has 1 amide bonds. The minimum absolute atomic E-state index is 0.0383. The third-order valence-corrected chi connectivity index (χ3v) is 8.26. The number of hydrogen-bond acceptors (Lipinski definition) is 5. The van der Waals surface area contributed by atoms with E-state index in [9.17, 15) is 13.2 Å². The van der Waals surface area contributed by atoms with Crippen molar-refractivity contribution in [2.75, 3.05) is 7.05 Å². The van der Waals surface area contributed by atoms with E-state index in [-0.39, 0.29) is 16.4 Å². The topological polar surface area (TPSA) is 79.6 Å². The normalized spacial score (nSPS) is 14.9. The van der Waals surface area contributed by atoms with E-state index in [1.807, 2.05) is 18.2 Å². The number of nitrogens with one attached hydrogen (secondary N) is 1. The first-order valence-corrected chi connectivity index (χ1v) is 13.5. The summed E-state index contributed by atoms with van der Waals surface area (Å²) in [6.45, 7) is 1.18. The van der Waals surface area contributed by atoms with E-state index < -0.39 is 15.7 Å². The van der Waals surface area contributed by atoms with Gasteiger partial charge < -0.3 is 9.73 Å². The van der Waals surface area contributed by atoms with Gasteiger partial charge >= 0.3 is 0 Å². The lowest BCUT2D eigenvalue weighted by atomic mass is 9.94. The zero-order chi connectivity index (χ0) is 24.0. The van der Waals surface area contributed by atoms with Crippen molar-refractivity contribution < 1.29 is 17.6 Å². The number of carbonyl (C=O) groups excluding carboxylic acids is 1. The van der Waals surface area contributed by atoms with E-state index in [1.165, 1.54) is 43.9 Å². The van der Waals surface area contributed by atoms with Gasteiger partial charge in [-0.05, 0) is 49.2 Å². The molecular formula is C27H32N2O4S. The van der Waals surface area contributed by atoms with Crippen LogP contribution >= 0.6 is 0 Å². The van der Waals surface area contributed by atoms with Gasteiger partial charge in [0.05, 0.1) is 16.9 Å². The van der Waals surface area contributed by atoms with Crippen molar-refractivity contribution in [2.24, 2.45) is 0 Å². The molecule has 1 heterocycles. The minimum atomic E-state index is -3.58. The minimum Gasteiger partial charge on any atom is -0.459 e. The zero-order valence-corrected chi connectivity index (χ0v) is 20.4. The van der Waals surface area contributed by atoms with Gasteiger partial charge in [-0.15, -0.1) is 0 Å². The molecule has 180 valence electrons. The highest BCUT2D eigenvalue weighted by molar-refractivity contribution is 7.90. The van der Waals surface area contributed by atoms with Crippen LogP contribution in [0.2, 0.25) is 0 Å². The predicted octanol–water partition coefficient (Wildman–Crippen LogP) is 4.95. The van der Waals surface area contributed by atoms with Gasteiger partial charge in [0.2, 0.25) is 0 Å². The second-order valence-electron chi connectivity index (χ2n) is 9.01. The molecule has 0 aliphatic heterocycles. The van der Waals surface area contributed by atoms with Gasteiger partial charge in [0.15, 0.2) is 15.6 Å². The molecule has 1 N–H and O–H groups in total. The molecule has 1 aliphatic rings. The van der Waals surface area contributed by atoms with Gasteiger partial charge in [0, 0.05) is 24.7 Å². The summed E-state index contributed by atoms with van der Waals surface area (Å²) in [6.07, 6.45) is 7.74. The quantitative estimate of drug-likeness (QED) is 0.469. The zero-order valence-electron chi connectivity index (χ0n) is 19.6. The van der Waals surface area contributed by atoms with E-state index in [1.54, 1.807) is 36.4 Å². The molecule has 0 spiro atoms. The van der Waals surface area contributed by atoms with E-state index in [0.717, 1.165) is 12.1 Å². The first-order chi connectivity index (χ1) is 16.4. The average Bonchev–Trinajstić information content (AvgIpc) is 3.32. The summed E-state index contributed by atoms with van der Waals surface area (Å²) in [5, 5.41) is 2.91. The Bertz CT molecular complexity index is 1200. The molecule has 7 heteroatoms. The molecule has 0 saturated heterocycles. The first kappa shape index (κ1) is 24.2. The number of nitrogens with zero attached hydrogens (tertiary/aromatic N) is 1. The van der Waals surface area contributed by atoms with Gasteiger partial charge in [0.1, 0.15) is 0 Å². The number of amides is 1. The van der Waals surface area contributed by atoms with Crippen molar-refractivity contribution in [2.45, 2.75) is 61.9 Å². The third-order valence-electron chi connectivity index (χ3n) is 6.58. The molecule has 0 unspecified atom stereocenters. The Kier molecular flexibility index (Phi) is 7.85. The molecule has 3 aromatic rings. The van der Waals surface area contributed by atoms with Gasteiger partial charge in [-0.25, -0.2) is 8.42 Å². The Balaban J connectivity index is 1.41. The van der Waals surface area contributed by atoms with E-state index in [2.05, 4.69) is 23.3 Å². The highest BCUT2D eigenvalue weighted by atomic mass is 32.2. The van der Waals surface area contributed by atoms with Gasteiger partial charge in [-0.1, -0.05) is 61.7 Å². The Labute approximate surface area is 201 Å². The van der Waals surface area contributed by atoms with E-state index >= 15 is 0 Å². The molecule has 1 aliphatic carbocycles. The second-order valence-corrected chi connectivity index (χ2v) is 11.0. The van der Waals surface area contributed by atoms with Crippen LogP contribution in [-0.4, -0.2) is 32.3 Å². The number of sulfone groups is 1. The number of carbonyl (C=O) groups is 1. The first-order valence-electron chi connectivity index (χ1n) is 11.8. The summed E-state index contributed by atoms with van der Waals surface area (Å²) in [5.74, 6) is -0.672. The van der Waals surface area contributed by atoms with Crippen LogP contribution in [0.15, 0.2) is 76.2 Å². The molecule has 1 fully saturated rings. The van der Waals surface area contributed by atoms with Crippen LogP contribution in [-0.2, 0) is 28.7 Å². The van der Waals surface area contributed by atoms with E-state index in [0.29, 0.717) is 18.2 Å². The number of benzene rings is 2. The molecule has 4 rings (SSSR count). The predicted molar refractivity (Wildman–Crippen MR) is 132 cm³/mol. The Morgan fingerprint density at radius 3 is 2.35 bits per heavy atom. The second kappa shape index (κ2) is 11.0. The van der Waals surface area contributed by atoms with Crippen LogP contribution in [0.3, 0.4) is 0 Å². The molecule has 34 heavy (non-hydrogen) atoms. The van der Waals surface area contributed by atoms with Gasteiger partial charge in [0.25, 0.3) is 5.91 Å². The summed E-state index contributed by atoms with van der Waals surface area (Å²) < 4.78 is 30.9. The number of furan rings is 1. The largest absolute Gasteiger partial charge is 0.459 e. The van der Waals surface area contributed by atoms with Crippen LogP contribution in [0.25, 0.3) is 0 Å². The molecule has 0 radical (unpaired) electrons.